The Hall–Kier alpha value is -5.81. The Labute approximate surface area is 249 Å². The van der Waals surface area contributed by atoms with E-state index in [1.165, 1.54) is 22.3 Å². The van der Waals surface area contributed by atoms with Crippen LogP contribution in [0.5, 0.6) is 0 Å². The molecule has 202 valence electrons. The van der Waals surface area contributed by atoms with Crippen molar-refractivity contribution in [2.75, 3.05) is 0 Å². The van der Waals surface area contributed by atoms with Crippen molar-refractivity contribution < 1.29 is 0 Å². The largest absolute Gasteiger partial charge is 0.264 e. The van der Waals surface area contributed by atoms with Crippen LogP contribution >= 0.6 is 0 Å². The lowest BCUT2D eigenvalue weighted by atomic mass is 9.98. The van der Waals surface area contributed by atoms with Gasteiger partial charge in [0, 0.05) is 52.8 Å². The summed E-state index contributed by atoms with van der Waals surface area (Å²) in [6, 6.07) is 41.3. The van der Waals surface area contributed by atoms with Gasteiger partial charge in [0.15, 0.2) is 17.5 Å². The van der Waals surface area contributed by atoms with Crippen molar-refractivity contribution in [2.24, 2.45) is 0 Å². The lowest BCUT2D eigenvalue weighted by Gasteiger charge is -2.11. The predicted octanol–water partition coefficient (Wildman–Crippen LogP) is 8.57. The maximum absolute atomic E-state index is 4.90. The van der Waals surface area contributed by atoms with Crippen molar-refractivity contribution in [1.82, 2.24) is 24.9 Å². The fraction of sp³-hybridized carbons (Fsp3) is 0.0263. The molecule has 7 aromatic rings. The average molecular weight is 552 g/mol. The standard InChI is InChI=1S/C38H25N5/c1-3-8-27(9-4-1)36-41-37(28-10-5-2-6-11-28)43-38(42-36)31-13-7-12-29(22-31)25-14-16-26(17-15-25)35-33-23-30-18-20-39-24-34(30)32(33)19-21-40-35/h1-22,24H,23H2. The zero-order valence-electron chi connectivity index (χ0n) is 23.2. The molecular weight excluding hydrogens is 526 g/mol. The molecule has 0 unspecified atom stereocenters. The van der Waals surface area contributed by atoms with Gasteiger partial charge in [0.2, 0.25) is 0 Å². The molecule has 8 rings (SSSR count). The Morgan fingerprint density at radius 3 is 1.74 bits per heavy atom. The fourth-order valence-electron chi connectivity index (χ4n) is 5.78. The third kappa shape index (κ3) is 4.67. The first-order chi connectivity index (χ1) is 21.3. The molecule has 1 aliphatic carbocycles. The molecule has 0 N–H and O–H groups in total. The summed E-state index contributed by atoms with van der Waals surface area (Å²) in [6.45, 7) is 0. The normalized spacial score (nSPS) is 11.6. The smallest absolute Gasteiger partial charge is 0.164 e. The van der Waals surface area contributed by atoms with Crippen LogP contribution in [0.15, 0.2) is 140 Å². The number of hydrogen-bond acceptors (Lipinski definition) is 5. The Morgan fingerprint density at radius 2 is 1.05 bits per heavy atom. The van der Waals surface area contributed by atoms with Crippen molar-refractivity contribution in [3.63, 3.8) is 0 Å². The van der Waals surface area contributed by atoms with Crippen LogP contribution in [0.4, 0.5) is 0 Å². The van der Waals surface area contributed by atoms with Crippen LogP contribution in [0, 0.1) is 0 Å². The summed E-state index contributed by atoms with van der Waals surface area (Å²) in [7, 11) is 0. The highest BCUT2D eigenvalue weighted by atomic mass is 15.0. The van der Waals surface area contributed by atoms with Gasteiger partial charge in [-0.2, -0.15) is 0 Å². The van der Waals surface area contributed by atoms with Gasteiger partial charge in [-0.15, -0.1) is 0 Å². The van der Waals surface area contributed by atoms with Gasteiger partial charge in [-0.25, -0.2) is 15.0 Å². The van der Waals surface area contributed by atoms with E-state index in [1.807, 2.05) is 79.3 Å². The van der Waals surface area contributed by atoms with Crippen molar-refractivity contribution in [1.29, 1.82) is 0 Å². The lowest BCUT2D eigenvalue weighted by Crippen LogP contribution is -2.00. The minimum Gasteiger partial charge on any atom is -0.264 e. The van der Waals surface area contributed by atoms with Crippen molar-refractivity contribution in [3.8, 4) is 67.7 Å². The first kappa shape index (κ1) is 24.9. The molecule has 1 aliphatic rings. The molecule has 0 atom stereocenters. The number of benzene rings is 4. The van der Waals surface area contributed by atoms with Gasteiger partial charge in [0.1, 0.15) is 0 Å². The summed E-state index contributed by atoms with van der Waals surface area (Å²) >= 11 is 0. The van der Waals surface area contributed by atoms with Crippen LogP contribution in [0.25, 0.3) is 67.7 Å². The van der Waals surface area contributed by atoms with Crippen LogP contribution in [0.1, 0.15) is 11.1 Å². The SMILES string of the molecule is c1ccc(-c2nc(-c3ccccc3)nc(-c3cccc(-c4ccc(-c5nccc6c5Cc5ccncc5-6)cc4)c3)n2)cc1. The molecule has 0 bridgehead atoms. The van der Waals surface area contributed by atoms with E-state index >= 15 is 0 Å². The molecular formula is C38H25N5. The van der Waals surface area contributed by atoms with Crippen LogP contribution < -0.4 is 0 Å². The molecule has 0 amide bonds. The summed E-state index contributed by atoms with van der Waals surface area (Å²) < 4.78 is 0. The number of nitrogens with zero attached hydrogens (tertiary/aromatic N) is 5. The maximum Gasteiger partial charge on any atom is 0.164 e. The molecule has 0 saturated heterocycles. The van der Waals surface area contributed by atoms with Gasteiger partial charge >= 0.3 is 0 Å². The van der Waals surface area contributed by atoms with Crippen LogP contribution in [0.2, 0.25) is 0 Å². The summed E-state index contributed by atoms with van der Waals surface area (Å²) in [5, 5.41) is 0. The average Bonchev–Trinajstić information content (AvgIpc) is 3.48. The molecule has 0 fully saturated rings. The Kier molecular flexibility index (Phi) is 6.12. The van der Waals surface area contributed by atoms with Gasteiger partial charge in [-0.3, -0.25) is 9.97 Å². The molecule has 3 heterocycles. The first-order valence-electron chi connectivity index (χ1n) is 14.3. The van der Waals surface area contributed by atoms with Gasteiger partial charge in [-0.05, 0) is 46.0 Å². The van der Waals surface area contributed by atoms with E-state index in [0.717, 1.165) is 45.5 Å². The van der Waals surface area contributed by atoms with E-state index in [9.17, 15) is 0 Å². The van der Waals surface area contributed by atoms with E-state index in [1.54, 1.807) is 0 Å². The third-order valence-electron chi connectivity index (χ3n) is 7.94. The highest BCUT2D eigenvalue weighted by Crippen LogP contribution is 2.40. The highest BCUT2D eigenvalue weighted by molar-refractivity contribution is 5.83. The molecule has 43 heavy (non-hydrogen) atoms. The minimum absolute atomic E-state index is 0.643. The quantitative estimate of drug-likeness (QED) is 0.214. The van der Waals surface area contributed by atoms with E-state index in [0.29, 0.717) is 17.5 Å². The van der Waals surface area contributed by atoms with Gasteiger partial charge in [0.05, 0.1) is 5.69 Å². The van der Waals surface area contributed by atoms with E-state index in [-0.39, 0.29) is 0 Å². The van der Waals surface area contributed by atoms with Gasteiger partial charge in [-0.1, -0.05) is 103 Å². The van der Waals surface area contributed by atoms with E-state index in [4.69, 9.17) is 19.9 Å². The highest BCUT2D eigenvalue weighted by Gasteiger charge is 2.22. The summed E-state index contributed by atoms with van der Waals surface area (Å²) in [4.78, 5) is 23.8. The predicted molar refractivity (Wildman–Crippen MR) is 171 cm³/mol. The molecule has 5 nitrogen and oxygen atoms in total. The number of hydrogen-bond donors (Lipinski definition) is 0. The van der Waals surface area contributed by atoms with Crippen molar-refractivity contribution in [3.05, 3.63) is 151 Å². The van der Waals surface area contributed by atoms with Gasteiger partial charge < -0.3 is 0 Å². The summed E-state index contributed by atoms with van der Waals surface area (Å²) in [6.07, 6.45) is 6.60. The molecule has 4 aromatic carbocycles. The van der Waals surface area contributed by atoms with Crippen molar-refractivity contribution >= 4 is 0 Å². The third-order valence-corrected chi connectivity index (χ3v) is 7.94. The number of rotatable bonds is 5. The van der Waals surface area contributed by atoms with E-state index in [2.05, 4.69) is 65.6 Å². The van der Waals surface area contributed by atoms with Crippen LogP contribution in [-0.4, -0.2) is 24.9 Å². The molecule has 5 heteroatoms. The molecule has 3 aromatic heterocycles. The Balaban J connectivity index is 1.15. The topological polar surface area (TPSA) is 64.5 Å². The zero-order valence-corrected chi connectivity index (χ0v) is 23.2. The van der Waals surface area contributed by atoms with Crippen molar-refractivity contribution in [2.45, 2.75) is 6.42 Å². The van der Waals surface area contributed by atoms with E-state index < -0.39 is 0 Å². The molecule has 0 aliphatic heterocycles. The second-order valence-electron chi connectivity index (χ2n) is 10.6. The summed E-state index contributed by atoms with van der Waals surface area (Å²) in [5.74, 6) is 1.95. The summed E-state index contributed by atoms with van der Waals surface area (Å²) in [5.41, 5.74) is 12.2. The van der Waals surface area contributed by atoms with Crippen LogP contribution in [-0.2, 0) is 6.42 Å². The fourth-order valence-corrected chi connectivity index (χ4v) is 5.78. The first-order valence-corrected chi connectivity index (χ1v) is 14.3. The Morgan fingerprint density at radius 1 is 0.442 bits per heavy atom. The molecule has 0 spiro atoms. The molecule has 0 saturated carbocycles. The zero-order chi connectivity index (χ0) is 28.6. The maximum atomic E-state index is 4.90. The van der Waals surface area contributed by atoms with Gasteiger partial charge in [0.25, 0.3) is 0 Å². The van der Waals surface area contributed by atoms with Crippen LogP contribution in [0.3, 0.4) is 0 Å². The number of aromatic nitrogens is 5. The number of pyridine rings is 2. The number of fused-ring (bicyclic) bond motifs is 3. The second-order valence-corrected chi connectivity index (χ2v) is 10.6. The minimum atomic E-state index is 0.643. The monoisotopic (exact) mass is 551 g/mol. The lowest BCUT2D eigenvalue weighted by molar-refractivity contribution is 1.07. The molecule has 0 radical (unpaired) electrons. The second kappa shape index (κ2) is 10.5. The Bertz CT molecular complexity index is 2030.